The van der Waals surface area contributed by atoms with Gasteiger partial charge in [0.25, 0.3) is 0 Å². The predicted octanol–water partition coefficient (Wildman–Crippen LogP) is 4.35. The number of hydrogen-bond donors (Lipinski definition) is 1. The second-order valence-corrected chi connectivity index (χ2v) is 5.73. The third-order valence-corrected chi connectivity index (χ3v) is 4.16. The molecule has 21 heavy (non-hydrogen) atoms. The van der Waals surface area contributed by atoms with Crippen molar-refractivity contribution in [1.29, 1.82) is 0 Å². The second-order valence-electron chi connectivity index (χ2n) is 5.73. The first-order valence-electron chi connectivity index (χ1n) is 7.78. The molecule has 0 aliphatic carbocycles. The summed E-state index contributed by atoms with van der Waals surface area (Å²) in [5.74, 6) is 0. The van der Waals surface area contributed by atoms with Gasteiger partial charge in [0.05, 0.1) is 12.2 Å². The monoisotopic (exact) mass is 282 g/mol. The van der Waals surface area contributed by atoms with Gasteiger partial charge in [0, 0.05) is 13.0 Å². The molecule has 1 aliphatic heterocycles. The van der Waals surface area contributed by atoms with Crippen molar-refractivity contribution < 1.29 is 9.84 Å². The van der Waals surface area contributed by atoms with Gasteiger partial charge < -0.3 is 9.84 Å². The third kappa shape index (κ3) is 3.72. The van der Waals surface area contributed by atoms with Gasteiger partial charge in [0.15, 0.2) is 0 Å². The Bertz CT molecular complexity index is 542. The van der Waals surface area contributed by atoms with Crippen molar-refractivity contribution in [2.75, 3.05) is 6.61 Å². The summed E-state index contributed by atoms with van der Waals surface area (Å²) in [5, 5.41) is 10.4. The van der Waals surface area contributed by atoms with Crippen LogP contribution in [0.15, 0.2) is 54.6 Å². The highest BCUT2D eigenvalue weighted by Crippen LogP contribution is 2.27. The van der Waals surface area contributed by atoms with Gasteiger partial charge >= 0.3 is 0 Å². The van der Waals surface area contributed by atoms with Crippen LogP contribution in [0, 0.1) is 0 Å². The third-order valence-electron chi connectivity index (χ3n) is 4.16. The molecular weight excluding hydrogens is 260 g/mol. The van der Waals surface area contributed by atoms with Crippen LogP contribution in [-0.2, 0) is 4.74 Å². The largest absolute Gasteiger partial charge is 0.388 e. The lowest BCUT2D eigenvalue weighted by Crippen LogP contribution is -2.21. The van der Waals surface area contributed by atoms with Gasteiger partial charge in [-0.15, -0.1) is 0 Å². The first-order valence-corrected chi connectivity index (χ1v) is 7.78. The predicted molar refractivity (Wildman–Crippen MR) is 85.0 cm³/mol. The average molecular weight is 282 g/mol. The standard InChI is InChI=1S/C19H22O2/c20-19(14-18-8-4-5-13-21-18)17-11-9-16(10-12-17)15-6-2-1-3-7-15/h1-3,6-7,9-12,18-20H,4-5,8,13-14H2. The molecule has 2 aromatic rings. The van der Waals surface area contributed by atoms with Crippen molar-refractivity contribution in [1.82, 2.24) is 0 Å². The maximum Gasteiger partial charge on any atom is 0.0814 e. The van der Waals surface area contributed by atoms with Crippen molar-refractivity contribution in [2.24, 2.45) is 0 Å². The molecule has 2 unspecified atom stereocenters. The average Bonchev–Trinajstić information content (AvgIpc) is 2.57. The fourth-order valence-electron chi connectivity index (χ4n) is 2.91. The quantitative estimate of drug-likeness (QED) is 0.903. The Morgan fingerprint density at radius 3 is 2.33 bits per heavy atom. The molecule has 2 aromatic carbocycles. The van der Waals surface area contributed by atoms with Crippen LogP contribution in [0.2, 0.25) is 0 Å². The molecule has 0 aromatic heterocycles. The molecular formula is C19H22O2. The minimum atomic E-state index is -0.432. The molecule has 1 heterocycles. The van der Waals surface area contributed by atoms with E-state index >= 15 is 0 Å². The van der Waals surface area contributed by atoms with E-state index in [1.165, 1.54) is 17.5 Å². The summed E-state index contributed by atoms with van der Waals surface area (Å²) in [7, 11) is 0. The number of hydrogen-bond acceptors (Lipinski definition) is 2. The van der Waals surface area contributed by atoms with Gasteiger partial charge in [-0.25, -0.2) is 0 Å². The molecule has 2 atom stereocenters. The van der Waals surface area contributed by atoms with Crippen LogP contribution in [0.1, 0.15) is 37.4 Å². The molecule has 0 radical (unpaired) electrons. The van der Waals surface area contributed by atoms with Crippen molar-refractivity contribution >= 4 is 0 Å². The minimum Gasteiger partial charge on any atom is -0.388 e. The van der Waals surface area contributed by atoms with E-state index in [2.05, 4.69) is 24.3 Å². The zero-order valence-electron chi connectivity index (χ0n) is 12.2. The minimum absolute atomic E-state index is 0.211. The summed E-state index contributed by atoms with van der Waals surface area (Å²) < 4.78 is 5.70. The van der Waals surface area contributed by atoms with E-state index in [0.717, 1.165) is 25.0 Å². The van der Waals surface area contributed by atoms with Gasteiger partial charge in [-0.1, -0.05) is 54.6 Å². The number of aliphatic hydroxyl groups is 1. The lowest BCUT2D eigenvalue weighted by molar-refractivity contribution is -0.0155. The number of benzene rings is 2. The Morgan fingerprint density at radius 2 is 1.67 bits per heavy atom. The SMILES string of the molecule is OC(CC1CCCCO1)c1ccc(-c2ccccc2)cc1. The Morgan fingerprint density at radius 1 is 0.952 bits per heavy atom. The molecule has 0 bridgehead atoms. The Hall–Kier alpha value is -1.64. The van der Waals surface area contributed by atoms with Gasteiger partial charge in [-0.2, -0.15) is 0 Å². The van der Waals surface area contributed by atoms with Crippen LogP contribution in [0.5, 0.6) is 0 Å². The van der Waals surface area contributed by atoms with Crippen molar-refractivity contribution in [2.45, 2.75) is 37.9 Å². The van der Waals surface area contributed by atoms with Crippen LogP contribution in [0.3, 0.4) is 0 Å². The summed E-state index contributed by atoms with van der Waals surface area (Å²) >= 11 is 0. The summed E-state index contributed by atoms with van der Waals surface area (Å²) in [6.07, 6.45) is 3.91. The normalized spacial score (nSPS) is 20.1. The van der Waals surface area contributed by atoms with Gasteiger partial charge in [-0.05, 0) is 36.0 Å². The molecule has 0 saturated carbocycles. The molecule has 1 N–H and O–H groups in total. The van der Waals surface area contributed by atoms with Crippen LogP contribution in [0.25, 0.3) is 11.1 Å². The first-order chi connectivity index (χ1) is 10.3. The number of rotatable bonds is 4. The van der Waals surface area contributed by atoms with Gasteiger partial charge in [0.2, 0.25) is 0 Å². The molecule has 3 rings (SSSR count). The summed E-state index contributed by atoms with van der Waals surface area (Å²) in [6, 6.07) is 18.5. The van der Waals surface area contributed by atoms with E-state index in [1.807, 2.05) is 30.3 Å². The second kappa shape index (κ2) is 6.88. The smallest absolute Gasteiger partial charge is 0.0814 e. The highest BCUT2D eigenvalue weighted by Gasteiger charge is 2.19. The maximum atomic E-state index is 10.4. The fraction of sp³-hybridized carbons (Fsp3) is 0.368. The molecule has 2 nitrogen and oxygen atoms in total. The van der Waals surface area contributed by atoms with E-state index in [4.69, 9.17) is 4.74 Å². The van der Waals surface area contributed by atoms with Gasteiger partial charge in [-0.3, -0.25) is 0 Å². The van der Waals surface area contributed by atoms with Crippen molar-refractivity contribution in [3.8, 4) is 11.1 Å². The molecule has 110 valence electrons. The van der Waals surface area contributed by atoms with E-state index in [-0.39, 0.29) is 6.10 Å². The van der Waals surface area contributed by atoms with Crippen LogP contribution >= 0.6 is 0 Å². The van der Waals surface area contributed by atoms with Crippen molar-refractivity contribution in [3.05, 3.63) is 60.2 Å². The summed E-state index contributed by atoms with van der Waals surface area (Å²) in [5.41, 5.74) is 3.36. The van der Waals surface area contributed by atoms with Crippen LogP contribution < -0.4 is 0 Å². The number of ether oxygens (including phenoxy) is 1. The van der Waals surface area contributed by atoms with E-state index in [1.54, 1.807) is 0 Å². The first kappa shape index (κ1) is 14.3. The molecule has 1 saturated heterocycles. The highest BCUT2D eigenvalue weighted by atomic mass is 16.5. The topological polar surface area (TPSA) is 29.5 Å². The van der Waals surface area contributed by atoms with E-state index in [9.17, 15) is 5.11 Å². The fourth-order valence-corrected chi connectivity index (χ4v) is 2.91. The lowest BCUT2D eigenvalue weighted by atomic mass is 9.97. The highest BCUT2D eigenvalue weighted by molar-refractivity contribution is 5.63. The Balaban J connectivity index is 1.66. The lowest BCUT2D eigenvalue weighted by Gasteiger charge is -2.25. The summed E-state index contributed by atoms with van der Waals surface area (Å²) in [4.78, 5) is 0. The maximum absolute atomic E-state index is 10.4. The Kier molecular flexibility index (Phi) is 4.69. The molecule has 1 aliphatic rings. The van der Waals surface area contributed by atoms with Crippen LogP contribution in [-0.4, -0.2) is 17.8 Å². The summed E-state index contributed by atoms with van der Waals surface area (Å²) in [6.45, 7) is 0.838. The zero-order valence-corrected chi connectivity index (χ0v) is 12.2. The number of aliphatic hydroxyl groups excluding tert-OH is 1. The van der Waals surface area contributed by atoms with E-state index < -0.39 is 6.10 Å². The zero-order chi connectivity index (χ0) is 14.5. The van der Waals surface area contributed by atoms with Crippen LogP contribution in [0.4, 0.5) is 0 Å². The van der Waals surface area contributed by atoms with Gasteiger partial charge in [0.1, 0.15) is 0 Å². The van der Waals surface area contributed by atoms with Crippen molar-refractivity contribution in [3.63, 3.8) is 0 Å². The van der Waals surface area contributed by atoms with E-state index in [0.29, 0.717) is 6.42 Å². The molecule has 1 fully saturated rings. The molecule has 0 spiro atoms. The molecule has 2 heteroatoms. The Labute approximate surface area is 126 Å². The molecule has 0 amide bonds.